The second-order valence-corrected chi connectivity index (χ2v) is 4.96. The highest BCUT2D eigenvalue weighted by molar-refractivity contribution is 5.94. The maximum Gasteiger partial charge on any atom is 0.240 e. The van der Waals surface area contributed by atoms with Crippen LogP contribution in [0.5, 0.6) is 0 Å². The summed E-state index contributed by atoms with van der Waals surface area (Å²) < 4.78 is 0. The molecule has 3 N–H and O–H groups in total. The van der Waals surface area contributed by atoms with E-state index in [0.29, 0.717) is 0 Å². The highest BCUT2D eigenvalue weighted by Gasteiger charge is 2.12. The number of carbonyl (C=O) groups is 1. The molecule has 1 saturated heterocycles. The maximum atomic E-state index is 11.5. The van der Waals surface area contributed by atoms with Gasteiger partial charge in [0.05, 0.1) is 6.04 Å². The van der Waals surface area contributed by atoms with Crippen LogP contribution in [0.15, 0.2) is 24.3 Å². The van der Waals surface area contributed by atoms with Gasteiger partial charge in [-0.2, -0.15) is 0 Å². The zero-order valence-corrected chi connectivity index (χ0v) is 10.9. The highest BCUT2D eigenvalue weighted by atomic mass is 16.2. The van der Waals surface area contributed by atoms with E-state index in [2.05, 4.69) is 16.3 Å². The average Bonchev–Trinajstić information content (AvgIpc) is 2.82. The van der Waals surface area contributed by atoms with Gasteiger partial charge in [-0.05, 0) is 50.6 Å². The number of nitrogens with one attached hydrogen (secondary N) is 1. The van der Waals surface area contributed by atoms with Crippen molar-refractivity contribution >= 4 is 11.6 Å². The first-order chi connectivity index (χ1) is 8.65. The fourth-order valence-corrected chi connectivity index (χ4v) is 2.20. The van der Waals surface area contributed by atoms with Gasteiger partial charge in [0.25, 0.3) is 0 Å². The molecule has 18 heavy (non-hydrogen) atoms. The Balaban J connectivity index is 1.98. The molecule has 1 fully saturated rings. The van der Waals surface area contributed by atoms with Gasteiger partial charge in [-0.25, -0.2) is 0 Å². The number of anilines is 1. The first kappa shape index (κ1) is 13.1. The predicted octanol–water partition coefficient (Wildman–Crippen LogP) is 1.57. The minimum Gasteiger partial charge on any atom is -0.325 e. The van der Waals surface area contributed by atoms with Gasteiger partial charge in [0.15, 0.2) is 0 Å². The summed E-state index contributed by atoms with van der Waals surface area (Å²) in [6, 6.07) is 7.52. The Morgan fingerprint density at radius 1 is 1.44 bits per heavy atom. The van der Waals surface area contributed by atoms with Crippen molar-refractivity contribution in [3.63, 3.8) is 0 Å². The first-order valence-electron chi connectivity index (χ1n) is 6.53. The molecule has 1 atom stereocenters. The molecular formula is C14H21N3O. The second kappa shape index (κ2) is 5.98. The van der Waals surface area contributed by atoms with E-state index in [1.807, 2.05) is 18.2 Å². The van der Waals surface area contributed by atoms with Crippen LogP contribution >= 0.6 is 0 Å². The van der Waals surface area contributed by atoms with E-state index < -0.39 is 6.04 Å². The third-order valence-corrected chi connectivity index (χ3v) is 3.21. The summed E-state index contributed by atoms with van der Waals surface area (Å²) in [5.41, 5.74) is 7.60. The van der Waals surface area contributed by atoms with Crippen LogP contribution in [0.3, 0.4) is 0 Å². The lowest BCUT2D eigenvalue weighted by atomic mass is 10.2. The third-order valence-electron chi connectivity index (χ3n) is 3.21. The number of likely N-dealkylation sites (tertiary alicyclic amines) is 1. The summed E-state index contributed by atoms with van der Waals surface area (Å²) in [7, 11) is 0. The molecule has 1 amide bonds. The van der Waals surface area contributed by atoms with E-state index in [0.717, 1.165) is 12.2 Å². The van der Waals surface area contributed by atoms with Crippen LogP contribution in [-0.4, -0.2) is 29.9 Å². The van der Waals surface area contributed by atoms with Gasteiger partial charge in [-0.15, -0.1) is 0 Å². The van der Waals surface area contributed by atoms with E-state index in [9.17, 15) is 4.79 Å². The molecule has 0 radical (unpaired) electrons. The molecule has 2 rings (SSSR count). The van der Waals surface area contributed by atoms with Crippen molar-refractivity contribution in [2.45, 2.75) is 32.4 Å². The Labute approximate surface area is 108 Å². The molecule has 0 saturated carbocycles. The van der Waals surface area contributed by atoms with E-state index in [-0.39, 0.29) is 5.91 Å². The SMILES string of the molecule is C[C@H](N)C(=O)Nc1cccc(CN2CCCC2)c1. The Morgan fingerprint density at radius 3 is 2.83 bits per heavy atom. The van der Waals surface area contributed by atoms with Crippen LogP contribution < -0.4 is 11.1 Å². The van der Waals surface area contributed by atoms with Gasteiger partial charge in [-0.3, -0.25) is 9.69 Å². The van der Waals surface area contributed by atoms with Gasteiger partial charge in [0.1, 0.15) is 0 Å². The summed E-state index contributed by atoms with van der Waals surface area (Å²) in [4.78, 5) is 14.0. The minimum atomic E-state index is -0.479. The van der Waals surface area contributed by atoms with Gasteiger partial charge in [0, 0.05) is 12.2 Å². The van der Waals surface area contributed by atoms with E-state index in [1.165, 1.54) is 31.5 Å². The summed E-state index contributed by atoms with van der Waals surface area (Å²) in [5, 5.41) is 2.82. The molecule has 0 unspecified atom stereocenters. The number of hydrogen-bond donors (Lipinski definition) is 2. The highest BCUT2D eigenvalue weighted by Crippen LogP contribution is 2.16. The van der Waals surface area contributed by atoms with Crippen LogP contribution in [0.2, 0.25) is 0 Å². The van der Waals surface area contributed by atoms with Crippen molar-refractivity contribution in [1.29, 1.82) is 0 Å². The number of nitrogens with two attached hydrogens (primary N) is 1. The van der Waals surface area contributed by atoms with Crippen molar-refractivity contribution in [3.05, 3.63) is 29.8 Å². The second-order valence-electron chi connectivity index (χ2n) is 4.96. The summed E-state index contributed by atoms with van der Waals surface area (Å²) >= 11 is 0. The van der Waals surface area contributed by atoms with Crippen LogP contribution in [0.4, 0.5) is 5.69 Å². The summed E-state index contributed by atoms with van der Waals surface area (Å²) in [6.07, 6.45) is 2.59. The number of benzene rings is 1. The molecular weight excluding hydrogens is 226 g/mol. The lowest BCUT2D eigenvalue weighted by molar-refractivity contribution is -0.117. The number of rotatable bonds is 4. The Morgan fingerprint density at radius 2 is 2.17 bits per heavy atom. The number of nitrogens with zero attached hydrogens (tertiary/aromatic N) is 1. The van der Waals surface area contributed by atoms with Crippen molar-refractivity contribution in [1.82, 2.24) is 4.90 Å². The average molecular weight is 247 g/mol. The van der Waals surface area contributed by atoms with Crippen molar-refractivity contribution < 1.29 is 4.79 Å². The molecule has 98 valence electrons. The fourth-order valence-electron chi connectivity index (χ4n) is 2.20. The zero-order chi connectivity index (χ0) is 13.0. The van der Waals surface area contributed by atoms with E-state index in [4.69, 9.17) is 5.73 Å². The molecule has 4 heteroatoms. The monoisotopic (exact) mass is 247 g/mol. The smallest absolute Gasteiger partial charge is 0.240 e. The van der Waals surface area contributed by atoms with Crippen molar-refractivity contribution in [2.24, 2.45) is 5.73 Å². The van der Waals surface area contributed by atoms with Gasteiger partial charge < -0.3 is 11.1 Å². The predicted molar refractivity (Wildman–Crippen MR) is 73.2 cm³/mol. The molecule has 4 nitrogen and oxygen atoms in total. The largest absolute Gasteiger partial charge is 0.325 e. The molecule has 1 aromatic rings. The molecule has 0 aliphatic carbocycles. The molecule has 0 aromatic heterocycles. The number of carbonyl (C=O) groups excluding carboxylic acids is 1. The minimum absolute atomic E-state index is 0.145. The Hall–Kier alpha value is -1.39. The molecule has 1 heterocycles. The molecule has 1 aliphatic heterocycles. The quantitative estimate of drug-likeness (QED) is 0.849. The first-order valence-corrected chi connectivity index (χ1v) is 6.53. The normalized spacial score (nSPS) is 17.7. The van der Waals surface area contributed by atoms with Crippen molar-refractivity contribution in [2.75, 3.05) is 18.4 Å². The van der Waals surface area contributed by atoms with E-state index >= 15 is 0 Å². The summed E-state index contributed by atoms with van der Waals surface area (Å²) in [5.74, 6) is -0.145. The van der Waals surface area contributed by atoms with Crippen LogP contribution in [-0.2, 0) is 11.3 Å². The molecule has 0 spiro atoms. The summed E-state index contributed by atoms with van der Waals surface area (Å²) in [6.45, 7) is 5.00. The Bertz CT molecular complexity index is 411. The standard InChI is InChI=1S/C14H21N3O/c1-11(15)14(18)16-13-6-4-5-12(9-13)10-17-7-2-3-8-17/h4-6,9,11H,2-3,7-8,10,15H2,1H3,(H,16,18)/t11-/m0/s1. The molecule has 0 bridgehead atoms. The van der Waals surface area contributed by atoms with Gasteiger partial charge in [-0.1, -0.05) is 12.1 Å². The number of amides is 1. The van der Waals surface area contributed by atoms with Crippen LogP contribution in [0.25, 0.3) is 0 Å². The zero-order valence-electron chi connectivity index (χ0n) is 10.9. The van der Waals surface area contributed by atoms with Gasteiger partial charge in [0.2, 0.25) is 5.91 Å². The van der Waals surface area contributed by atoms with Crippen molar-refractivity contribution in [3.8, 4) is 0 Å². The third kappa shape index (κ3) is 3.55. The lowest BCUT2D eigenvalue weighted by Gasteiger charge is -2.15. The number of hydrogen-bond acceptors (Lipinski definition) is 3. The lowest BCUT2D eigenvalue weighted by Crippen LogP contribution is -2.32. The molecule has 1 aliphatic rings. The Kier molecular flexibility index (Phi) is 4.33. The fraction of sp³-hybridized carbons (Fsp3) is 0.500. The topological polar surface area (TPSA) is 58.4 Å². The van der Waals surface area contributed by atoms with Crippen LogP contribution in [0, 0.1) is 0 Å². The van der Waals surface area contributed by atoms with E-state index in [1.54, 1.807) is 6.92 Å². The molecule has 1 aromatic carbocycles. The van der Waals surface area contributed by atoms with Gasteiger partial charge >= 0.3 is 0 Å². The van der Waals surface area contributed by atoms with Crippen LogP contribution in [0.1, 0.15) is 25.3 Å². The maximum absolute atomic E-state index is 11.5.